The topological polar surface area (TPSA) is 105 Å². The Balaban J connectivity index is 1.37. The van der Waals surface area contributed by atoms with Gasteiger partial charge in [0.15, 0.2) is 0 Å². The first-order valence-corrected chi connectivity index (χ1v) is 10.8. The summed E-state index contributed by atoms with van der Waals surface area (Å²) in [4.78, 5) is 25.5. The quantitative estimate of drug-likeness (QED) is 0.585. The Kier molecular flexibility index (Phi) is 6.53. The van der Waals surface area contributed by atoms with E-state index < -0.39 is 5.60 Å². The number of amides is 1. The van der Waals surface area contributed by atoms with Crippen molar-refractivity contribution in [3.05, 3.63) is 60.4 Å². The number of rotatable bonds is 7. The lowest BCUT2D eigenvalue weighted by atomic mass is 9.90. The number of hydrogen-bond donors (Lipinski definition) is 2. The van der Waals surface area contributed by atoms with Crippen molar-refractivity contribution in [2.45, 2.75) is 18.4 Å². The van der Waals surface area contributed by atoms with Crippen molar-refractivity contribution in [1.82, 2.24) is 14.9 Å². The van der Waals surface area contributed by atoms with Crippen molar-refractivity contribution >= 4 is 22.6 Å². The SMILES string of the molecule is CN(CC1(O)CCN(c2ccnc3cccnc23)CC1)C(=O)c1ccc(OCCN)cc1. The van der Waals surface area contributed by atoms with Crippen molar-refractivity contribution in [2.75, 3.05) is 44.7 Å². The van der Waals surface area contributed by atoms with Gasteiger partial charge in [-0.25, -0.2) is 0 Å². The van der Waals surface area contributed by atoms with Crippen LogP contribution in [0.2, 0.25) is 0 Å². The second-order valence-corrected chi connectivity index (χ2v) is 8.24. The molecular formula is C24H29N5O3. The van der Waals surface area contributed by atoms with Crippen LogP contribution in [0.15, 0.2) is 54.9 Å². The largest absolute Gasteiger partial charge is 0.492 e. The minimum atomic E-state index is -0.929. The maximum atomic E-state index is 12.8. The Morgan fingerprint density at radius 2 is 1.91 bits per heavy atom. The van der Waals surface area contributed by atoms with Gasteiger partial charge in [0.05, 0.1) is 16.8 Å². The summed E-state index contributed by atoms with van der Waals surface area (Å²) in [6.45, 7) is 2.51. The van der Waals surface area contributed by atoms with Gasteiger partial charge < -0.3 is 25.4 Å². The van der Waals surface area contributed by atoms with Crippen molar-refractivity contribution in [3.8, 4) is 5.75 Å². The smallest absolute Gasteiger partial charge is 0.253 e. The van der Waals surface area contributed by atoms with Crippen LogP contribution in [0.25, 0.3) is 11.0 Å². The number of aliphatic hydroxyl groups is 1. The summed E-state index contributed by atoms with van der Waals surface area (Å²) in [6, 6.07) is 12.8. The number of anilines is 1. The molecule has 1 aliphatic heterocycles. The summed E-state index contributed by atoms with van der Waals surface area (Å²) >= 11 is 0. The van der Waals surface area contributed by atoms with Crippen LogP contribution in [0.5, 0.6) is 5.75 Å². The molecule has 32 heavy (non-hydrogen) atoms. The van der Waals surface area contributed by atoms with Crippen LogP contribution in [-0.2, 0) is 0 Å². The van der Waals surface area contributed by atoms with Gasteiger partial charge in [-0.3, -0.25) is 14.8 Å². The normalized spacial score (nSPS) is 15.5. The summed E-state index contributed by atoms with van der Waals surface area (Å²) in [5.74, 6) is 0.550. The number of carbonyl (C=O) groups excluding carboxylic acids is 1. The van der Waals surface area contributed by atoms with E-state index in [1.165, 1.54) is 0 Å². The van der Waals surface area contributed by atoms with Crippen molar-refractivity contribution in [1.29, 1.82) is 0 Å². The molecule has 1 saturated heterocycles. The van der Waals surface area contributed by atoms with E-state index >= 15 is 0 Å². The number of nitrogens with two attached hydrogens (primary N) is 1. The summed E-state index contributed by atoms with van der Waals surface area (Å²) in [6.07, 6.45) is 4.68. The monoisotopic (exact) mass is 435 g/mol. The van der Waals surface area contributed by atoms with E-state index in [1.54, 1.807) is 48.6 Å². The molecule has 3 N–H and O–H groups in total. The van der Waals surface area contributed by atoms with Crippen LogP contribution < -0.4 is 15.4 Å². The Morgan fingerprint density at radius 3 is 2.62 bits per heavy atom. The van der Waals surface area contributed by atoms with Gasteiger partial charge in [0.1, 0.15) is 17.9 Å². The van der Waals surface area contributed by atoms with E-state index in [9.17, 15) is 9.90 Å². The van der Waals surface area contributed by atoms with Crippen LogP contribution >= 0.6 is 0 Å². The molecule has 0 saturated carbocycles. The number of nitrogens with zero attached hydrogens (tertiary/aromatic N) is 4. The lowest BCUT2D eigenvalue weighted by Gasteiger charge is -2.41. The average Bonchev–Trinajstić information content (AvgIpc) is 2.82. The Bertz CT molecular complexity index is 1060. The molecule has 1 fully saturated rings. The number of likely N-dealkylation sites (N-methyl/N-ethyl adjacent to an activating group) is 1. The highest BCUT2D eigenvalue weighted by Crippen LogP contribution is 2.30. The average molecular weight is 436 g/mol. The number of pyridine rings is 2. The van der Waals surface area contributed by atoms with E-state index in [1.807, 2.05) is 18.2 Å². The molecular weight excluding hydrogens is 406 g/mol. The molecule has 0 atom stereocenters. The summed E-state index contributed by atoms with van der Waals surface area (Å²) in [5.41, 5.74) is 7.82. The zero-order valence-electron chi connectivity index (χ0n) is 18.3. The molecule has 8 nitrogen and oxygen atoms in total. The van der Waals surface area contributed by atoms with Gasteiger partial charge in [0.2, 0.25) is 0 Å². The fourth-order valence-corrected chi connectivity index (χ4v) is 4.15. The van der Waals surface area contributed by atoms with Crippen molar-refractivity contribution < 1.29 is 14.6 Å². The number of benzene rings is 1. The Labute approximate surface area is 187 Å². The number of carbonyl (C=O) groups is 1. The van der Waals surface area contributed by atoms with Crippen LogP contribution in [0, 0.1) is 0 Å². The second-order valence-electron chi connectivity index (χ2n) is 8.24. The first-order chi connectivity index (χ1) is 15.5. The fourth-order valence-electron chi connectivity index (χ4n) is 4.15. The highest BCUT2D eigenvalue weighted by molar-refractivity contribution is 5.94. The second kappa shape index (κ2) is 9.50. The highest BCUT2D eigenvalue weighted by atomic mass is 16.5. The number of ether oxygens (including phenoxy) is 1. The standard InChI is InChI=1S/C24H29N5O3/c1-28(23(30)18-4-6-19(7-5-18)32-16-11-25)17-24(31)9-14-29(15-10-24)21-8-13-26-20-3-2-12-27-22(20)21/h2-8,12-13,31H,9-11,14-17,25H2,1H3. The maximum absolute atomic E-state index is 12.8. The predicted molar refractivity (Wildman–Crippen MR) is 124 cm³/mol. The van der Waals surface area contributed by atoms with Gasteiger partial charge in [-0.1, -0.05) is 0 Å². The molecule has 168 valence electrons. The molecule has 2 aromatic heterocycles. The third-order valence-corrected chi connectivity index (χ3v) is 5.88. The first-order valence-electron chi connectivity index (χ1n) is 10.8. The first kappa shape index (κ1) is 22.0. The molecule has 0 radical (unpaired) electrons. The molecule has 8 heteroatoms. The number of hydrogen-bond acceptors (Lipinski definition) is 7. The molecule has 1 aliphatic rings. The van der Waals surface area contributed by atoms with E-state index in [2.05, 4.69) is 14.9 Å². The van der Waals surface area contributed by atoms with Crippen LogP contribution in [0.3, 0.4) is 0 Å². The van der Waals surface area contributed by atoms with Gasteiger partial charge in [0, 0.05) is 51.2 Å². The maximum Gasteiger partial charge on any atom is 0.253 e. The van der Waals surface area contributed by atoms with E-state index in [0.717, 1.165) is 16.7 Å². The lowest BCUT2D eigenvalue weighted by Crippen LogP contribution is -2.51. The molecule has 1 aromatic carbocycles. The molecule has 0 unspecified atom stereocenters. The van der Waals surface area contributed by atoms with Crippen LogP contribution in [-0.4, -0.2) is 71.3 Å². The van der Waals surface area contributed by atoms with Gasteiger partial charge in [-0.2, -0.15) is 0 Å². The third kappa shape index (κ3) is 4.81. The van der Waals surface area contributed by atoms with Gasteiger partial charge >= 0.3 is 0 Å². The van der Waals surface area contributed by atoms with E-state index in [0.29, 0.717) is 50.4 Å². The molecule has 1 amide bonds. The minimum Gasteiger partial charge on any atom is -0.492 e. The Morgan fingerprint density at radius 1 is 1.16 bits per heavy atom. The molecule has 0 spiro atoms. The Hall–Kier alpha value is -3.23. The van der Waals surface area contributed by atoms with Crippen LogP contribution in [0.4, 0.5) is 5.69 Å². The molecule has 3 aromatic rings. The van der Waals surface area contributed by atoms with Gasteiger partial charge in [-0.05, 0) is 55.3 Å². The molecule has 4 rings (SSSR count). The summed E-state index contributed by atoms with van der Waals surface area (Å²) < 4.78 is 5.46. The lowest BCUT2D eigenvalue weighted by molar-refractivity contribution is -0.00799. The van der Waals surface area contributed by atoms with Gasteiger partial charge in [0.25, 0.3) is 5.91 Å². The number of piperidine rings is 1. The van der Waals surface area contributed by atoms with E-state index in [-0.39, 0.29) is 12.5 Å². The highest BCUT2D eigenvalue weighted by Gasteiger charge is 2.35. The third-order valence-electron chi connectivity index (χ3n) is 5.88. The molecule has 0 bridgehead atoms. The number of fused-ring (bicyclic) bond motifs is 1. The number of aromatic nitrogens is 2. The van der Waals surface area contributed by atoms with E-state index in [4.69, 9.17) is 10.5 Å². The zero-order chi connectivity index (χ0) is 22.6. The zero-order valence-corrected chi connectivity index (χ0v) is 18.3. The summed E-state index contributed by atoms with van der Waals surface area (Å²) in [7, 11) is 1.73. The van der Waals surface area contributed by atoms with Gasteiger partial charge in [-0.15, -0.1) is 0 Å². The summed E-state index contributed by atoms with van der Waals surface area (Å²) in [5, 5.41) is 11.2. The molecule has 0 aliphatic carbocycles. The van der Waals surface area contributed by atoms with Crippen molar-refractivity contribution in [2.24, 2.45) is 5.73 Å². The molecule has 3 heterocycles. The predicted octanol–water partition coefficient (Wildman–Crippen LogP) is 2.07. The minimum absolute atomic E-state index is 0.129. The van der Waals surface area contributed by atoms with Crippen LogP contribution in [0.1, 0.15) is 23.2 Å². The van der Waals surface area contributed by atoms with Crippen molar-refractivity contribution in [3.63, 3.8) is 0 Å². The fraction of sp³-hybridized carbons (Fsp3) is 0.375.